The van der Waals surface area contributed by atoms with E-state index < -0.39 is 28.8 Å². The third-order valence-electron chi connectivity index (χ3n) is 4.36. The number of amides is 1. The first kappa shape index (κ1) is 13.3. The van der Waals surface area contributed by atoms with Gasteiger partial charge in [-0.1, -0.05) is 27.2 Å². The van der Waals surface area contributed by atoms with Crippen LogP contribution < -0.4 is 0 Å². The molecule has 5 nitrogen and oxygen atoms in total. The first-order chi connectivity index (χ1) is 8.23. The summed E-state index contributed by atoms with van der Waals surface area (Å²) in [4.78, 5) is 24.8. The summed E-state index contributed by atoms with van der Waals surface area (Å²) in [6, 6.07) is 0. The van der Waals surface area contributed by atoms with Crippen LogP contribution in [0.15, 0.2) is 0 Å². The summed E-state index contributed by atoms with van der Waals surface area (Å²) in [5, 5.41) is 19.1. The van der Waals surface area contributed by atoms with Crippen molar-refractivity contribution in [1.82, 2.24) is 4.90 Å². The number of hydrogen-bond donors (Lipinski definition) is 2. The van der Waals surface area contributed by atoms with Crippen molar-refractivity contribution in [3.05, 3.63) is 0 Å². The summed E-state index contributed by atoms with van der Waals surface area (Å²) in [5.41, 5.74) is -1.20. The van der Waals surface area contributed by atoms with Gasteiger partial charge in [0.2, 0.25) is 5.91 Å². The summed E-state index contributed by atoms with van der Waals surface area (Å²) >= 11 is 0. The van der Waals surface area contributed by atoms with Crippen LogP contribution in [-0.2, 0) is 9.59 Å². The summed E-state index contributed by atoms with van der Waals surface area (Å²) in [6.07, 6.45) is 1.57. The number of aliphatic carboxylic acids is 1. The van der Waals surface area contributed by atoms with Gasteiger partial charge >= 0.3 is 5.97 Å². The van der Waals surface area contributed by atoms with Gasteiger partial charge in [0.25, 0.3) is 0 Å². The lowest BCUT2D eigenvalue weighted by Crippen LogP contribution is -2.63. The topological polar surface area (TPSA) is 77.8 Å². The minimum atomic E-state index is -0.900. The number of β-amino-alcohol motifs (C(OH)–C–C–N with tert-alkyl or cyclic N) is 1. The molecule has 18 heavy (non-hydrogen) atoms. The van der Waals surface area contributed by atoms with Gasteiger partial charge in [0.05, 0.1) is 30.5 Å². The highest BCUT2D eigenvalue weighted by molar-refractivity contribution is 5.92. The normalized spacial score (nSPS) is 31.7. The van der Waals surface area contributed by atoms with Crippen molar-refractivity contribution in [3.8, 4) is 0 Å². The summed E-state index contributed by atoms with van der Waals surface area (Å²) in [7, 11) is 0. The predicted molar refractivity (Wildman–Crippen MR) is 64.8 cm³/mol. The van der Waals surface area contributed by atoms with Crippen molar-refractivity contribution in [3.63, 3.8) is 0 Å². The van der Waals surface area contributed by atoms with Gasteiger partial charge in [0.15, 0.2) is 0 Å². The quantitative estimate of drug-likeness (QED) is 0.776. The molecule has 0 aromatic rings. The van der Waals surface area contributed by atoms with Gasteiger partial charge < -0.3 is 15.1 Å². The van der Waals surface area contributed by atoms with Gasteiger partial charge in [0, 0.05) is 0 Å². The number of carboxylic acids is 1. The molecule has 0 aromatic heterocycles. The third kappa shape index (κ3) is 1.90. The van der Waals surface area contributed by atoms with Crippen molar-refractivity contribution in [2.75, 3.05) is 13.1 Å². The molecule has 0 radical (unpaired) electrons. The number of carbonyl (C=O) groups is 2. The van der Waals surface area contributed by atoms with Crippen LogP contribution in [0, 0.1) is 17.3 Å². The van der Waals surface area contributed by atoms with Gasteiger partial charge in [-0.3, -0.25) is 9.59 Å². The zero-order valence-corrected chi connectivity index (χ0v) is 11.1. The molecule has 1 aliphatic carbocycles. The Morgan fingerprint density at radius 1 is 1.28 bits per heavy atom. The van der Waals surface area contributed by atoms with Crippen molar-refractivity contribution >= 4 is 11.9 Å². The van der Waals surface area contributed by atoms with E-state index in [2.05, 4.69) is 0 Å². The van der Waals surface area contributed by atoms with Gasteiger partial charge in [-0.15, -0.1) is 0 Å². The molecule has 2 rings (SSSR count). The number of hydrogen-bond acceptors (Lipinski definition) is 3. The van der Waals surface area contributed by atoms with Gasteiger partial charge in [-0.25, -0.2) is 0 Å². The molecule has 1 amide bonds. The van der Waals surface area contributed by atoms with Crippen LogP contribution in [0.5, 0.6) is 0 Å². The van der Waals surface area contributed by atoms with Crippen LogP contribution in [0.3, 0.4) is 0 Å². The summed E-state index contributed by atoms with van der Waals surface area (Å²) < 4.78 is 0. The highest BCUT2D eigenvalue weighted by Gasteiger charge is 2.67. The Bertz CT molecular complexity index is 384. The maximum Gasteiger partial charge on any atom is 0.307 e. The van der Waals surface area contributed by atoms with Crippen LogP contribution in [0.1, 0.15) is 33.6 Å². The molecule has 0 bridgehead atoms. The molecule has 1 heterocycles. The zero-order chi connectivity index (χ0) is 13.7. The lowest BCUT2D eigenvalue weighted by atomic mass is 9.88. The van der Waals surface area contributed by atoms with E-state index in [1.54, 1.807) is 4.90 Å². The number of nitrogens with zero attached hydrogens (tertiary/aromatic N) is 1. The number of rotatable bonds is 4. The Balaban J connectivity index is 1.94. The van der Waals surface area contributed by atoms with Crippen LogP contribution >= 0.6 is 0 Å². The monoisotopic (exact) mass is 255 g/mol. The van der Waals surface area contributed by atoms with Crippen LogP contribution in [-0.4, -0.2) is 45.7 Å². The van der Waals surface area contributed by atoms with E-state index in [4.69, 9.17) is 5.11 Å². The van der Waals surface area contributed by atoms with Gasteiger partial charge in [-0.05, 0) is 11.8 Å². The second-order valence-corrected chi connectivity index (χ2v) is 6.28. The van der Waals surface area contributed by atoms with Gasteiger partial charge in [0.1, 0.15) is 0 Å². The highest BCUT2D eigenvalue weighted by Crippen LogP contribution is 2.59. The molecule has 2 fully saturated rings. The Morgan fingerprint density at radius 2 is 1.83 bits per heavy atom. The first-order valence-electron chi connectivity index (χ1n) is 6.47. The van der Waals surface area contributed by atoms with Crippen molar-refractivity contribution < 1.29 is 19.8 Å². The Labute approximate surface area is 107 Å². The maximum absolute atomic E-state index is 12.2. The van der Waals surface area contributed by atoms with E-state index >= 15 is 0 Å². The van der Waals surface area contributed by atoms with Crippen molar-refractivity contribution in [2.45, 2.75) is 39.2 Å². The predicted octanol–water partition coefficient (Wildman–Crippen LogP) is 0.717. The molecule has 1 aliphatic heterocycles. The van der Waals surface area contributed by atoms with Crippen LogP contribution in [0.2, 0.25) is 0 Å². The standard InChI is InChI=1S/C13H21NO4/c1-4-5-13(18)6-14(7-13)10(15)8-9(11(16)17)12(8,2)3/h8-9,18H,4-7H2,1-3H3,(H,16,17). The molecule has 1 saturated carbocycles. The number of carbonyl (C=O) groups excluding carboxylic acids is 1. The largest absolute Gasteiger partial charge is 0.481 e. The van der Waals surface area contributed by atoms with E-state index in [0.717, 1.165) is 6.42 Å². The highest BCUT2D eigenvalue weighted by atomic mass is 16.4. The van der Waals surface area contributed by atoms with E-state index in [-0.39, 0.29) is 5.91 Å². The Morgan fingerprint density at radius 3 is 2.22 bits per heavy atom. The average Bonchev–Trinajstić information content (AvgIpc) is 2.77. The molecule has 5 heteroatoms. The minimum absolute atomic E-state index is 0.117. The van der Waals surface area contributed by atoms with E-state index in [1.165, 1.54) is 0 Å². The fourth-order valence-corrected chi connectivity index (χ4v) is 3.20. The smallest absolute Gasteiger partial charge is 0.307 e. The molecule has 2 aliphatic rings. The SMILES string of the molecule is CCCC1(O)CN(C(=O)C2C(C(=O)O)C2(C)C)C1. The van der Waals surface area contributed by atoms with Crippen LogP contribution in [0.4, 0.5) is 0 Å². The number of likely N-dealkylation sites (tertiary alicyclic amines) is 1. The maximum atomic E-state index is 12.2. The van der Waals surface area contributed by atoms with Crippen LogP contribution in [0.25, 0.3) is 0 Å². The molecule has 102 valence electrons. The second-order valence-electron chi connectivity index (χ2n) is 6.28. The summed E-state index contributed by atoms with van der Waals surface area (Å²) in [6.45, 7) is 6.31. The molecule has 1 saturated heterocycles. The molecule has 0 aromatic carbocycles. The molecular weight excluding hydrogens is 234 g/mol. The molecule has 2 atom stereocenters. The van der Waals surface area contributed by atoms with E-state index in [1.807, 2.05) is 20.8 Å². The number of aliphatic hydroxyl groups is 1. The second kappa shape index (κ2) is 3.95. The minimum Gasteiger partial charge on any atom is -0.481 e. The summed E-state index contributed by atoms with van der Waals surface area (Å²) in [5.74, 6) is -2.03. The number of carboxylic acid groups (broad SMARTS) is 1. The van der Waals surface area contributed by atoms with Crippen molar-refractivity contribution in [1.29, 1.82) is 0 Å². The average molecular weight is 255 g/mol. The molecule has 2 unspecified atom stereocenters. The van der Waals surface area contributed by atoms with Gasteiger partial charge in [-0.2, -0.15) is 0 Å². The Hall–Kier alpha value is -1.10. The molecule has 2 N–H and O–H groups in total. The first-order valence-corrected chi connectivity index (χ1v) is 6.47. The molecular formula is C13H21NO4. The van der Waals surface area contributed by atoms with Crippen molar-refractivity contribution in [2.24, 2.45) is 17.3 Å². The molecule has 0 spiro atoms. The lowest BCUT2D eigenvalue weighted by molar-refractivity contribution is -0.159. The fourth-order valence-electron chi connectivity index (χ4n) is 3.20. The fraction of sp³-hybridized carbons (Fsp3) is 0.846. The third-order valence-corrected chi connectivity index (χ3v) is 4.36. The van der Waals surface area contributed by atoms with E-state index in [9.17, 15) is 14.7 Å². The zero-order valence-electron chi connectivity index (χ0n) is 11.1. The Kier molecular flexibility index (Phi) is 2.93. The van der Waals surface area contributed by atoms with E-state index in [0.29, 0.717) is 19.5 Å². The lowest BCUT2D eigenvalue weighted by Gasteiger charge is -2.46.